The normalized spacial score (nSPS) is 18.4. The molecule has 1 saturated heterocycles. The minimum Gasteiger partial charge on any atom is -0.470 e. The Morgan fingerprint density at radius 1 is 0.889 bits per heavy atom. The Morgan fingerprint density at radius 3 is 2.63 bits per heavy atom. The van der Waals surface area contributed by atoms with Crippen molar-refractivity contribution in [1.29, 1.82) is 0 Å². The predicted molar refractivity (Wildman–Crippen MR) is 108 cm³/mol. The van der Waals surface area contributed by atoms with Gasteiger partial charge in [0.1, 0.15) is 11.9 Å². The Morgan fingerprint density at radius 2 is 1.74 bits per heavy atom. The molecule has 0 N–H and O–H groups in total. The number of benzene rings is 1. The van der Waals surface area contributed by atoms with Crippen LogP contribution in [0.25, 0.3) is 10.9 Å². The first-order valence-corrected chi connectivity index (χ1v) is 10.1. The Kier molecular flexibility index (Phi) is 4.40. The Hall–Kier alpha value is -2.62. The van der Waals surface area contributed by atoms with Crippen molar-refractivity contribution in [3.05, 3.63) is 60.3 Å². The van der Waals surface area contributed by atoms with Crippen molar-refractivity contribution >= 4 is 16.7 Å². The molecule has 27 heavy (non-hydrogen) atoms. The zero-order valence-electron chi connectivity index (χ0n) is 15.6. The average molecular weight is 359 g/mol. The molecule has 0 bridgehead atoms. The average Bonchev–Trinajstić information content (AvgIpc) is 2.71. The fraction of sp³-hybridized carbons (Fsp3) is 0.391. The topological polar surface area (TPSA) is 38.2 Å². The second kappa shape index (κ2) is 7.18. The lowest BCUT2D eigenvalue weighted by Gasteiger charge is -2.40. The molecule has 0 spiro atoms. The number of para-hydroxylation sites is 1. The fourth-order valence-corrected chi connectivity index (χ4v) is 4.32. The summed E-state index contributed by atoms with van der Waals surface area (Å²) < 4.78 is 6.29. The quantitative estimate of drug-likeness (QED) is 0.661. The number of anilines is 1. The van der Waals surface area contributed by atoms with Crippen molar-refractivity contribution < 1.29 is 4.74 Å². The van der Waals surface area contributed by atoms with Gasteiger partial charge >= 0.3 is 0 Å². The molecule has 5 rings (SSSR count). The van der Waals surface area contributed by atoms with Crippen LogP contribution in [0.2, 0.25) is 0 Å². The highest BCUT2D eigenvalue weighted by atomic mass is 16.5. The number of hydrogen-bond donors (Lipinski definition) is 0. The highest BCUT2D eigenvalue weighted by Crippen LogP contribution is 2.37. The zero-order chi connectivity index (χ0) is 18.1. The number of aromatic nitrogens is 2. The van der Waals surface area contributed by atoms with Gasteiger partial charge in [-0.25, -0.2) is 9.97 Å². The summed E-state index contributed by atoms with van der Waals surface area (Å²) in [7, 11) is 0. The lowest BCUT2D eigenvalue weighted by molar-refractivity contribution is 0.157. The second-order valence-corrected chi connectivity index (χ2v) is 7.74. The molecule has 1 aromatic carbocycles. The van der Waals surface area contributed by atoms with E-state index in [4.69, 9.17) is 9.72 Å². The summed E-state index contributed by atoms with van der Waals surface area (Å²) in [5, 5.41) is 1.18. The lowest BCUT2D eigenvalue weighted by Crippen LogP contribution is -2.54. The van der Waals surface area contributed by atoms with Gasteiger partial charge in [0, 0.05) is 17.1 Å². The molecule has 1 aliphatic heterocycles. The molecule has 0 amide bonds. The largest absolute Gasteiger partial charge is 0.470 e. The molecule has 1 saturated carbocycles. The molecule has 2 fully saturated rings. The van der Waals surface area contributed by atoms with Crippen molar-refractivity contribution in [3.8, 4) is 5.88 Å². The fourth-order valence-electron chi connectivity index (χ4n) is 4.32. The first kappa shape index (κ1) is 16.5. The van der Waals surface area contributed by atoms with E-state index >= 15 is 0 Å². The predicted octanol–water partition coefficient (Wildman–Crippen LogP) is 4.95. The van der Waals surface area contributed by atoms with Crippen molar-refractivity contribution in [3.63, 3.8) is 0 Å². The van der Waals surface area contributed by atoms with Crippen LogP contribution in [-0.2, 0) is 0 Å². The van der Waals surface area contributed by atoms with Gasteiger partial charge in [-0.2, -0.15) is 0 Å². The molecular formula is C23H25N3O. The molecule has 0 atom stereocenters. The van der Waals surface area contributed by atoms with Gasteiger partial charge in [0.05, 0.1) is 18.6 Å². The van der Waals surface area contributed by atoms with Crippen molar-refractivity contribution in [2.24, 2.45) is 0 Å². The van der Waals surface area contributed by atoms with Crippen molar-refractivity contribution in [2.75, 3.05) is 18.0 Å². The summed E-state index contributed by atoms with van der Waals surface area (Å²) in [5.74, 6) is 2.49. The molecule has 2 aliphatic rings. The van der Waals surface area contributed by atoms with E-state index in [0.29, 0.717) is 5.92 Å². The maximum atomic E-state index is 6.29. The minimum atomic E-state index is 0.190. The second-order valence-electron chi connectivity index (χ2n) is 7.74. The van der Waals surface area contributed by atoms with Gasteiger partial charge in [0.25, 0.3) is 0 Å². The first-order valence-electron chi connectivity index (χ1n) is 10.1. The molecule has 0 unspecified atom stereocenters. The summed E-state index contributed by atoms with van der Waals surface area (Å²) in [6, 6.07) is 16.8. The standard InChI is InChI=1S/C23H25N3O/c1-2-7-17(8-3-1)20-10-6-14-24-23(20)27-19-15-26(16-19)22-13-12-18-9-4-5-11-21(18)25-22/h4-6,9-14,17,19H,1-3,7-8,15-16H2. The van der Waals surface area contributed by atoms with Crippen molar-refractivity contribution in [1.82, 2.24) is 9.97 Å². The number of ether oxygens (including phenoxy) is 1. The molecule has 138 valence electrons. The monoisotopic (exact) mass is 359 g/mol. The molecule has 3 aromatic rings. The number of rotatable bonds is 4. The van der Waals surface area contributed by atoms with Gasteiger partial charge in [-0.15, -0.1) is 0 Å². The van der Waals surface area contributed by atoms with E-state index in [1.807, 2.05) is 24.4 Å². The van der Waals surface area contributed by atoms with Crippen LogP contribution in [0.1, 0.15) is 43.6 Å². The van der Waals surface area contributed by atoms with Gasteiger partial charge in [0.15, 0.2) is 0 Å². The molecule has 2 aromatic heterocycles. The van der Waals surface area contributed by atoms with E-state index in [-0.39, 0.29) is 6.10 Å². The van der Waals surface area contributed by atoms with Crippen LogP contribution in [0.15, 0.2) is 54.7 Å². The van der Waals surface area contributed by atoms with Crippen LogP contribution < -0.4 is 9.64 Å². The van der Waals surface area contributed by atoms with Crippen LogP contribution in [0.3, 0.4) is 0 Å². The number of nitrogens with zero attached hydrogens (tertiary/aromatic N) is 3. The van der Waals surface area contributed by atoms with Gasteiger partial charge in [-0.3, -0.25) is 0 Å². The maximum Gasteiger partial charge on any atom is 0.217 e. The Bertz CT molecular complexity index is 930. The third-order valence-electron chi connectivity index (χ3n) is 5.88. The van der Waals surface area contributed by atoms with Crippen LogP contribution in [0.4, 0.5) is 5.82 Å². The van der Waals surface area contributed by atoms with E-state index in [9.17, 15) is 0 Å². The smallest absolute Gasteiger partial charge is 0.217 e. The summed E-state index contributed by atoms with van der Waals surface area (Å²) in [5.41, 5.74) is 2.35. The zero-order valence-corrected chi connectivity index (χ0v) is 15.6. The highest BCUT2D eigenvalue weighted by molar-refractivity contribution is 5.80. The molecule has 1 aliphatic carbocycles. The van der Waals surface area contributed by atoms with E-state index in [2.05, 4.69) is 40.2 Å². The molecular weight excluding hydrogens is 334 g/mol. The van der Waals surface area contributed by atoms with Crippen LogP contribution in [0, 0.1) is 0 Å². The number of fused-ring (bicyclic) bond motifs is 1. The van der Waals surface area contributed by atoms with Gasteiger partial charge in [-0.1, -0.05) is 43.5 Å². The van der Waals surface area contributed by atoms with Gasteiger partial charge in [0.2, 0.25) is 5.88 Å². The van der Waals surface area contributed by atoms with E-state index in [1.54, 1.807) is 0 Å². The summed E-state index contributed by atoms with van der Waals surface area (Å²) >= 11 is 0. The highest BCUT2D eigenvalue weighted by Gasteiger charge is 2.31. The summed E-state index contributed by atoms with van der Waals surface area (Å²) in [4.78, 5) is 11.6. The number of pyridine rings is 2. The number of hydrogen-bond acceptors (Lipinski definition) is 4. The summed E-state index contributed by atoms with van der Waals surface area (Å²) in [6.07, 6.45) is 8.58. The Balaban J connectivity index is 1.26. The molecule has 3 heterocycles. The van der Waals surface area contributed by atoms with E-state index < -0.39 is 0 Å². The van der Waals surface area contributed by atoms with E-state index in [0.717, 1.165) is 30.3 Å². The maximum absolute atomic E-state index is 6.29. The Labute approximate surface area is 160 Å². The third-order valence-corrected chi connectivity index (χ3v) is 5.88. The first-order chi connectivity index (χ1) is 13.4. The summed E-state index contributed by atoms with van der Waals surface area (Å²) in [6.45, 7) is 1.73. The SMILES string of the molecule is c1cnc(OC2CN(c3ccc4ccccc4n3)C2)c(C2CCCCC2)c1. The van der Waals surface area contributed by atoms with Crippen molar-refractivity contribution in [2.45, 2.75) is 44.1 Å². The third kappa shape index (κ3) is 3.36. The van der Waals surface area contributed by atoms with Crippen LogP contribution in [-0.4, -0.2) is 29.2 Å². The molecule has 4 heteroatoms. The van der Waals surface area contributed by atoms with Crippen LogP contribution in [0.5, 0.6) is 5.88 Å². The van der Waals surface area contributed by atoms with Gasteiger partial charge < -0.3 is 9.64 Å². The minimum absolute atomic E-state index is 0.190. The van der Waals surface area contributed by atoms with Crippen LogP contribution >= 0.6 is 0 Å². The molecule has 0 radical (unpaired) electrons. The van der Waals surface area contributed by atoms with E-state index in [1.165, 1.54) is 43.1 Å². The van der Waals surface area contributed by atoms with Gasteiger partial charge in [-0.05, 0) is 43.0 Å². The molecule has 4 nitrogen and oxygen atoms in total. The lowest BCUT2D eigenvalue weighted by atomic mass is 9.84.